The summed E-state index contributed by atoms with van der Waals surface area (Å²) in [5.74, 6) is -1.24. The van der Waals surface area contributed by atoms with Crippen LogP contribution >= 0.6 is 0 Å². The van der Waals surface area contributed by atoms with E-state index in [1.807, 2.05) is 24.3 Å². The average molecular weight is 451 g/mol. The third kappa shape index (κ3) is 5.02. The molecule has 0 spiro atoms. The van der Waals surface area contributed by atoms with E-state index in [1.165, 1.54) is 11.1 Å². The largest absolute Gasteiger partial charge is 0.480 e. The first kappa shape index (κ1) is 22.8. The number of hydrogen-bond donors (Lipinski definition) is 3. The number of rotatable bonds is 10. The fourth-order valence-electron chi connectivity index (χ4n) is 4.59. The number of nitrogens with one attached hydrogen (secondary N) is 2. The normalized spacial score (nSPS) is 16.3. The van der Waals surface area contributed by atoms with Crippen LogP contribution in [0, 0.1) is 5.92 Å². The van der Waals surface area contributed by atoms with Gasteiger partial charge in [0, 0.05) is 18.9 Å². The summed E-state index contributed by atoms with van der Waals surface area (Å²) in [6.07, 6.45) is 2.55. The van der Waals surface area contributed by atoms with Crippen LogP contribution in [0.15, 0.2) is 48.5 Å². The maximum atomic E-state index is 12.2. The number of carboxylic acid groups (broad SMARTS) is 1. The molecule has 2 aromatic carbocycles. The van der Waals surface area contributed by atoms with Gasteiger partial charge in [0.15, 0.2) is 0 Å². The number of hydrogen-bond acceptors (Lipinski definition) is 4. The lowest BCUT2D eigenvalue weighted by Gasteiger charge is -2.26. The number of aliphatic carboxylic acids is 1. The monoisotopic (exact) mass is 450 g/mol. The molecule has 7 nitrogen and oxygen atoms in total. The average Bonchev–Trinajstić information content (AvgIpc) is 3.61. The molecule has 2 aromatic rings. The standard InChI is InChI=1S/C26H30N2O5/c1-26(24(30)31,17-13-14-17)28-23(29)12-6-7-15-27-25(32)33-16-22-20-10-4-2-8-18(20)19-9-3-5-11-21(19)22/h2-5,8-11,17,22H,6-7,12-16H2,1H3,(H,27,32)(H,28,29)(H,30,31). The molecule has 2 aliphatic rings. The van der Waals surface area contributed by atoms with Crippen LogP contribution < -0.4 is 10.6 Å². The van der Waals surface area contributed by atoms with Crippen molar-refractivity contribution in [3.05, 3.63) is 59.7 Å². The summed E-state index contributed by atoms with van der Waals surface area (Å²) in [7, 11) is 0. The molecule has 1 atom stereocenters. The first-order valence-corrected chi connectivity index (χ1v) is 11.5. The van der Waals surface area contributed by atoms with E-state index >= 15 is 0 Å². The van der Waals surface area contributed by atoms with Crippen molar-refractivity contribution in [3.63, 3.8) is 0 Å². The number of carbonyl (C=O) groups is 3. The van der Waals surface area contributed by atoms with Gasteiger partial charge in [0.05, 0.1) is 0 Å². The van der Waals surface area contributed by atoms with Crippen molar-refractivity contribution >= 4 is 18.0 Å². The minimum Gasteiger partial charge on any atom is -0.480 e. The summed E-state index contributed by atoms with van der Waals surface area (Å²) in [4.78, 5) is 35.9. The van der Waals surface area contributed by atoms with Gasteiger partial charge in [0.1, 0.15) is 12.1 Å². The van der Waals surface area contributed by atoms with Crippen molar-refractivity contribution < 1.29 is 24.2 Å². The van der Waals surface area contributed by atoms with Crippen LogP contribution in [0.2, 0.25) is 0 Å². The molecule has 2 aliphatic carbocycles. The van der Waals surface area contributed by atoms with Crippen LogP contribution in [0.1, 0.15) is 56.1 Å². The molecule has 0 radical (unpaired) electrons. The number of benzene rings is 2. The van der Waals surface area contributed by atoms with Crippen molar-refractivity contribution in [1.82, 2.24) is 10.6 Å². The first-order chi connectivity index (χ1) is 15.9. The third-order valence-electron chi connectivity index (χ3n) is 6.68. The van der Waals surface area contributed by atoms with Gasteiger partial charge in [-0.05, 0) is 60.8 Å². The van der Waals surface area contributed by atoms with Gasteiger partial charge >= 0.3 is 12.1 Å². The SMILES string of the molecule is CC(NC(=O)CCCCNC(=O)OCC1c2ccccc2-c2ccccc21)(C(=O)O)C1CC1. The fourth-order valence-corrected chi connectivity index (χ4v) is 4.59. The van der Waals surface area contributed by atoms with Crippen molar-refractivity contribution in [2.24, 2.45) is 5.92 Å². The van der Waals surface area contributed by atoms with Crippen LogP contribution in [0.25, 0.3) is 11.1 Å². The van der Waals surface area contributed by atoms with E-state index in [0.717, 1.165) is 24.0 Å². The van der Waals surface area contributed by atoms with E-state index in [9.17, 15) is 19.5 Å². The molecule has 0 aromatic heterocycles. The van der Waals surface area contributed by atoms with Crippen molar-refractivity contribution in [3.8, 4) is 11.1 Å². The van der Waals surface area contributed by atoms with Gasteiger partial charge in [-0.2, -0.15) is 0 Å². The predicted molar refractivity (Wildman–Crippen MR) is 124 cm³/mol. The molecule has 174 valence electrons. The molecule has 4 rings (SSSR count). The molecular formula is C26H30N2O5. The first-order valence-electron chi connectivity index (χ1n) is 11.5. The highest BCUT2D eigenvalue weighted by atomic mass is 16.5. The molecule has 1 fully saturated rings. The van der Waals surface area contributed by atoms with Crippen LogP contribution in [0.3, 0.4) is 0 Å². The van der Waals surface area contributed by atoms with Gasteiger partial charge in [0.25, 0.3) is 0 Å². The zero-order chi connectivity index (χ0) is 23.4. The Balaban J connectivity index is 1.17. The predicted octanol–water partition coefficient (Wildman–Crippen LogP) is 4.06. The molecule has 0 aliphatic heterocycles. The minimum atomic E-state index is -1.18. The van der Waals surface area contributed by atoms with Gasteiger partial charge in [-0.25, -0.2) is 9.59 Å². The Kier molecular flexibility index (Phi) is 6.67. The van der Waals surface area contributed by atoms with Crippen LogP contribution in [0.4, 0.5) is 4.79 Å². The summed E-state index contributed by atoms with van der Waals surface area (Å²) in [6, 6.07) is 16.4. The summed E-state index contributed by atoms with van der Waals surface area (Å²) in [5, 5.41) is 14.8. The number of fused-ring (bicyclic) bond motifs is 3. The van der Waals surface area contributed by atoms with Crippen molar-refractivity contribution in [1.29, 1.82) is 0 Å². The zero-order valence-electron chi connectivity index (χ0n) is 18.8. The Morgan fingerprint density at radius 2 is 1.61 bits per heavy atom. The fraction of sp³-hybridized carbons (Fsp3) is 0.423. The van der Waals surface area contributed by atoms with E-state index < -0.39 is 17.6 Å². The Morgan fingerprint density at radius 3 is 2.18 bits per heavy atom. The lowest BCUT2D eigenvalue weighted by Crippen LogP contribution is -2.53. The molecular weight excluding hydrogens is 420 g/mol. The summed E-state index contributed by atoms with van der Waals surface area (Å²) in [6.45, 7) is 2.23. The lowest BCUT2D eigenvalue weighted by atomic mass is 9.95. The summed E-state index contributed by atoms with van der Waals surface area (Å²) < 4.78 is 5.50. The molecule has 0 bridgehead atoms. The van der Waals surface area contributed by atoms with Gasteiger partial charge in [-0.1, -0.05) is 48.5 Å². The van der Waals surface area contributed by atoms with E-state index in [4.69, 9.17) is 4.74 Å². The summed E-state index contributed by atoms with van der Waals surface area (Å²) >= 11 is 0. The van der Waals surface area contributed by atoms with Crippen LogP contribution in [0.5, 0.6) is 0 Å². The number of amides is 2. The highest BCUT2D eigenvalue weighted by Crippen LogP contribution is 2.44. The van der Waals surface area contributed by atoms with Crippen molar-refractivity contribution in [2.75, 3.05) is 13.2 Å². The topological polar surface area (TPSA) is 105 Å². The highest BCUT2D eigenvalue weighted by molar-refractivity contribution is 5.87. The van der Waals surface area contributed by atoms with Gasteiger partial charge in [-0.15, -0.1) is 0 Å². The second kappa shape index (κ2) is 9.65. The van der Waals surface area contributed by atoms with Gasteiger partial charge in [0.2, 0.25) is 5.91 Å². The molecule has 7 heteroatoms. The number of carbonyl (C=O) groups excluding carboxylic acids is 2. The molecule has 0 heterocycles. The van der Waals surface area contributed by atoms with Crippen LogP contribution in [-0.4, -0.2) is 41.8 Å². The van der Waals surface area contributed by atoms with Crippen LogP contribution in [-0.2, 0) is 14.3 Å². The smallest absolute Gasteiger partial charge is 0.407 e. The highest BCUT2D eigenvalue weighted by Gasteiger charge is 2.48. The third-order valence-corrected chi connectivity index (χ3v) is 6.68. The number of carboxylic acids is 1. The number of ether oxygens (including phenoxy) is 1. The Hall–Kier alpha value is -3.35. The maximum absolute atomic E-state index is 12.2. The Morgan fingerprint density at radius 1 is 1.00 bits per heavy atom. The Bertz CT molecular complexity index is 1000. The minimum absolute atomic E-state index is 0.00850. The molecule has 1 unspecified atom stereocenters. The lowest BCUT2D eigenvalue weighted by molar-refractivity contribution is -0.147. The zero-order valence-corrected chi connectivity index (χ0v) is 18.8. The molecule has 33 heavy (non-hydrogen) atoms. The van der Waals surface area contributed by atoms with E-state index in [2.05, 4.69) is 34.9 Å². The molecule has 0 saturated heterocycles. The molecule has 1 saturated carbocycles. The molecule has 3 N–H and O–H groups in total. The number of alkyl carbamates (subject to hydrolysis) is 1. The maximum Gasteiger partial charge on any atom is 0.407 e. The van der Waals surface area contributed by atoms with E-state index in [-0.39, 0.29) is 30.8 Å². The van der Waals surface area contributed by atoms with Crippen molar-refractivity contribution in [2.45, 2.75) is 50.5 Å². The summed E-state index contributed by atoms with van der Waals surface area (Å²) in [5.41, 5.74) is 3.51. The quantitative estimate of drug-likeness (QED) is 0.474. The van der Waals surface area contributed by atoms with Gasteiger partial charge < -0.3 is 20.5 Å². The number of unbranched alkanes of at least 4 members (excludes halogenated alkanes) is 1. The Labute approximate surface area is 193 Å². The van der Waals surface area contributed by atoms with Gasteiger partial charge in [-0.3, -0.25) is 4.79 Å². The second-order valence-electron chi connectivity index (χ2n) is 9.04. The molecule has 2 amide bonds. The van der Waals surface area contributed by atoms with E-state index in [1.54, 1.807) is 6.92 Å². The second-order valence-corrected chi connectivity index (χ2v) is 9.04. The van der Waals surface area contributed by atoms with E-state index in [0.29, 0.717) is 19.4 Å².